The maximum atomic E-state index is 12.6. The van der Waals surface area contributed by atoms with E-state index >= 15 is 0 Å². The molecular formula is C45H78NO9P. The molecule has 2 unspecified atom stereocenters. The number of allylic oxidation sites excluding steroid dienone is 11. The Morgan fingerprint density at radius 1 is 0.661 bits per heavy atom. The van der Waals surface area contributed by atoms with Crippen LogP contribution in [-0.2, 0) is 32.7 Å². The summed E-state index contributed by atoms with van der Waals surface area (Å²) in [6, 6.07) is 0. The van der Waals surface area contributed by atoms with Crippen LogP contribution in [0.1, 0.15) is 142 Å². The fourth-order valence-electron chi connectivity index (χ4n) is 5.23. The summed E-state index contributed by atoms with van der Waals surface area (Å²) in [4.78, 5) is 37.5. The van der Waals surface area contributed by atoms with E-state index in [1.807, 2.05) is 33.3 Å². The lowest BCUT2D eigenvalue weighted by Gasteiger charge is -2.28. The van der Waals surface area contributed by atoms with Crippen LogP contribution in [0.15, 0.2) is 72.9 Å². The van der Waals surface area contributed by atoms with E-state index in [0.717, 1.165) is 51.4 Å². The van der Waals surface area contributed by atoms with E-state index in [9.17, 15) is 24.2 Å². The second kappa shape index (κ2) is 36.7. The van der Waals surface area contributed by atoms with E-state index in [-0.39, 0.29) is 32.5 Å². The molecular weight excluding hydrogens is 729 g/mol. The van der Waals surface area contributed by atoms with Crippen molar-refractivity contribution in [3.05, 3.63) is 72.9 Å². The molecule has 56 heavy (non-hydrogen) atoms. The Morgan fingerprint density at radius 2 is 1.18 bits per heavy atom. The summed E-state index contributed by atoms with van der Waals surface area (Å²) >= 11 is 0. The molecule has 10 nitrogen and oxygen atoms in total. The van der Waals surface area contributed by atoms with Crippen LogP contribution in [0.25, 0.3) is 0 Å². The van der Waals surface area contributed by atoms with Gasteiger partial charge in [0, 0.05) is 12.8 Å². The van der Waals surface area contributed by atoms with Crippen LogP contribution in [0.5, 0.6) is 0 Å². The summed E-state index contributed by atoms with van der Waals surface area (Å²) in [6.45, 7) is 3.81. The standard InChI is InChI=1S/C45H78NO9P/c1-6-8-10-12-14-16-18-20-21-22-23-24-26-28-30-32-34-42(47)36-37-44(48)52-40-43(41-54-56(50,51)53-39-38-46(3,4)5)55-45(49)35-33-31-29-27-25-19-17-15-13-11-9-7-2/h8,10,14,16,20-21,23-24,28,30,32,34,42-43,47H,6-7,9,11-13,15,17-19,22,25-27,29,31,33,35-41H2,1-5H3/b10-8-,16-14-,21-20-,24-23-,30-28-,34-32-/t42?,43-/m1/s1. The maximum Gasteiger partial charge on any atom is 0.306 e. The first-order valence-corrected chi connectivity index (χ1v) is 22.7. The van der Waals surface area contributed by atoms with Gasteiger partial charge in [0.25, 0.3) is 7.82 Å². The zero-order chi connectivity index (χ0) is 41.6. The first-order valence-electron chi connectivity index (χ1n) is 21.3. The Balaban J connectivity index is 4.61. The highest BCUT2D eigenvalue weighted by Crippen LogP contribution is 2.38. The van der Waals surface area contributed by atoms with E-state index < -0.39 is 38.6 Å². The van der Waals surface area contributed by atoms with E-state index in [0.29, 0.717) is 17.4 Å². The van der Waals surface area contributed by atoms with Crippen LogP contribution in [0, 0.1) is 0 Å². The second-order valence-electron chi connectivity index (χ2n) is 15.2. The summed E-state index contributed by atoms with van der Waals surface area (Å²) in [6.07, 6.45) is 41.2. The van der Waals surface area contributed by atoms with Gasteiger partial charge in [0.2, 0.25) is 0 Å². The van der Waals surface area contributed by atoms with Crippen molar-refractivity contribution in [1.29, 1.82) is 0 Å². The molecule has 0 fully saturated rings. The van der Waals surface area contributed by atoms with Gasteiger partial charge in [0.05, 0.1) is 33.9 Å². The monoisotopic (exact) mass is 808 g/mol. The van der Waals surface area contributed by atoms with Gasteiger partial charge in [-0.3, -0.25) is 14.2 Å². The van der Waals surface area contributed by atoms with Crippen LogP contribution in [0.4, 0.5) is 0 Å². The molecule has 0 bridgehead atoms. The molecule has 0 saturated carbocycles. The molecule has 11 heteroatoms. The van der Waals surface area contributed by atoms with Crippen LogP contribution in [0.2, 0.25) is 0 Å². The number of nitrogens with zero attached hydrogens (tertiary/aromatic N) is 1. The highest BCUT2D eigenvalue weighted by atomic mass is 31.2. The number of phosphoric acid groups is 1. The van der Waals surface area contributed by atoms with Crippen molar-refractivity contribution in [2.24, 2.45) is 0 Å². The van der Waals surface area contributed by atoms with Crippen molar-refractivity contribution in [3.8, 4) is 0 Å². The summed E-state index contributed by atoms with van der Waals surface area (Å²) < 4.78 is 33.6. The van der Waals surface area contributed by atoms with Gasteiger partial charge in [0.15, 0.2) is 6.10 Å². The van der Waals surface area contributed by atoms with Gasteiger partial charge >= 0.3 is 11.9 Å². The number of unbranched alkanes of at least 4 members (excludes halogenated alkanes) is 11. The number of aliphatic hydroxyl groups is 1. The third kappa shape index (κ3) is 39.6. The molecule has 0 aromatic carbocycles. The predicted molar refractivity (Wildman–Crippen MR) is 228 cm³/mol. The highest BCUT2D eigenvalue weighted by Gasteiger charge is 2.22. The molecule has 0 aromatic heterocycles. The van der Waals surface area contributed by atoms with Gasteiger partial charge in [-0.1, -0.05) is 157 Å². The molecule has 0 aromatic rings. The van der Waals surface area contributed by atoms with Crippen LogP contribution in [0.3, 0.4) is 0 Å². The number of esters is 2. The first kappa shape index (κ1) is 53.4. The largest absolute Gasteiger partial charge is 0.756 e. The molecule has 322 valence electrons. The van der Waals surface area contributed by atoms with Gasteiger partial charge in [-0.25, -0.2) is 0 Å². The Labute approximate surface area is 341 Å². The Morgan fingerprint density at radius 3 is 1.71 bits per heavy atom. The van der Waals surface area contributed by atoms with Crippen LogP contribution < -0.4 is 4.89 Å². The number of hydrogen-bond donors (Lipinski definition) is 1. The van der Waals surface area contributed by atoms with E-state index in [1.54, 1.807) is 12.2 Å². The summed E-state index contributed by atoms with van der Waals surface area (Å²) in [5.74, 6) is -1.12. The van der Waals surface area contributed by atoms with Gasteiger partial charge in [-0.2, -0.15) is 0 Å². The fourth-order valence-corrected chi connectivity index (χ4v) is 5.96. The molecule has 1 N–H and O–H groups in total. The Bertz CT molecular complexity index is 1200. The molecule has 0 aliphatic rings. The number of rotatable bonds is 37. The van der Waals surface area contributed by atoms with Crippen LogP contribution >= 0.6 is 7.82 Å². The average Bonchev–Trinajstić information content (AvgIpc) is 3.14. The Kier molecular flexibility index (Phi) is 35.0. The number of aliphatic hydroxyl groups excluding tert-OH is 1. The SMILES string of the molecule is CC/C=C\C/C=C\C/C=C\C/C=C\C/C=C\C=C/C(O)CCC(=O)OC[C@H](COP(=O)([O-])OCC[N+](C)(C)C)OC(=O)CCCCCCCCCCCCCC. The van der Waals surface area contributed by atoms with E-state index in [4.69, 9.17) is 18.5 Å². The fraction of sp³-hybridized carbons (Fsp3) is 0.689. The van der Waals surface area contributed by atoms with Gasteiger partial charge in [0.1, 0.15) is 19.8 Å². The third-order valence-corrected chi connectivity index (χ3v) is 9.57. The topological polar surface area (TPSA) is 131 Å². The molecule has 3 atom stereocenters. The normalized spacial score (nSPS) is 14.9. The van der Waals surface area contributed by atoms with Crippen molar-refractivity contribution >= 4 is 19.8 Å². The Hall–Kier alpha value is -2.59. The number of likely N-dealkylation sites (N-methyl/N-ethyl adjacent to an activating group) is 1. The number of carbonyl (C=O) groups is 2. The smallest absolute Gasteiger partial charge is 0.306 e. The molecule has 0 spiro atoms. The number of ether oxygens (including phenoxy) is 2. The zero-order valence-corrected chi connectivity index (χ0v) is 36.6. The van der Waals surface area contributed by atoms with E-state index in [1.165, 1.54) is 51.4 Å². The quantitative estimate of drug-likeness (QED) is 0.0163. The summed E-state index contributed by atoms with van der Waals surface area (Å²) in [5.41, 5.74) is 0. The lowest BCUT2D eigenvalue weighted by atomic mass is 10.0. The van der Waals surface area contributed by atoms with Crippen molar-refractivity contribution in [2.45, 2.75) is 154 Å². The molecule has 0 aliphatic carbocycles. The third-order valence-electron chi connectivity index (χ3n) is 8.61. The van der Waals surface area contributed by atoms with Crippen molar-refractivity contribution in [1.82, 2.24) is 0 Å². The molecule has 0 aliphatic heterocycles. The van der Waals surface area contributed by atoms with Gasteiger partial charge in [-0.15, -0.1) is 0 Å². The lowest BCUT2D eigenvalue weighted by Crippen LogP contribution is -2.37. The average molecular weight is 808 g/mol. The minimum absolute atomic E-state index is 0.0689. The lowest BCUT2D eigenvalue weighted by molar-refractivity contribution is -0.870. The van der Waals surface area contributed by atoms with Crippen molar-refractivity contribution in [3.63, 3.8) is 0 Å². The van der Waals surface area contributed by atoms with Crippen LogP contribution in [-0.4, -0.2) is 81.2 Å². The van der Waals surface area contributed by atoms with Crippen molar-refractivity contribution < 1.29 is 47.2 Å². The van der Waals surface area contributed by atoms with Gasteiger partial charge in [-0.05, 0) is 44.9 Å². The molecule has 0 rings (SSSR count). The van der Waals surface area contributed by atoms with E-state index in [2.05, 4.69) is 62.5 Å². The maximum absolute atomic E-state index is 12.6. The summed E-state index contributed by atoms with van der Waals surface area (Å²) in [5, 5.41) is 10.3. The molecule has 0 saturated heterocycles. The minimum atomic E-state index is -4.68. The molecule has 0 amide bonds. The highest BCUT2D eigenvalue weighted by molar-refractivity contribution is 7.45. The summed E-state index contributed by atoms with van der Waals surface area (Å²) in [7, 11) is 1.03. The predicted octanol–water partition coefficient (Wildman–Crippen LogP) is 10.2. The first-order chi connectivity index (χ1) is 26.9. The number of carbonyl (C=O) groups excluding carboxylic acids is 2. The van der Waals surface area contributed by atoms with Gasteiger partial charge < -0.3 is 33.0 Å². The second-order valence-corrected chi connectivity index (χ2v) is 16.6. The molecule has 0 heterocycles. The van der Waals surface area contributed by atoms with Crippen molar-refractivity contribution in [2.75, 3.05) is 47.5 Å². The number of quaternary nitrogens is 1. The number of phosphoric ester groups is 1. The molecule has 0 radical (unpaired) electrons. The zero-order valence-electron chi connectivity index (χ0n) is 35.7. The number of hydrogen-bond acceptors (Lipinski definition) is 9. The minimum Gasteiger partial charge on any atom is -0.756 e.